The van der Waals surface area contributed by atoms with Crippen LogP contribution in [0.5, 0.6) is 0 Å². The van der Waals surface area contributed by atoms with Gasteiger partial charge in [-0.15, -0.1) is 0 Å². The van der Waals surface area contributed by atoms with Crippen molar-refractivity contribution in [1.82, 2.24) is 10.2 Å². The Hall–Kier alpha value is -0.940. The minimum absolute atomic E-state index is 0.435. The number of likely N-dealkylation sites (N-methyl/N-ethyl adjacent to an activating group) is 1. The number of hydrogen-bond donors (Lipinski definition) is 2. The van der Waals surface area contributed by atoms with Gasteiger partial charge < -0.3 is 20.1 Å². The summed E-state index contributed by atoms with van der Waals surface area (Å²) in [4.78, 5) is 2.20. The molecule has 1 unspecified atom stereocenters. The predicted octanol–water partition coefficient (Wildman–Crippen LogP) is 0.888. The molecule has 0 aliphatic heterocycles. The molecule has 0 spiro atoms. The van der Waals surface area contributed by atoms with Gasteiger partial charge >= 0.3 is 0 Å². The Morgan fingerprint density at radius 2 is 2.00 bits per heavy atom. The molecule has 1 aromatic carbocycles. The number of benzene rings is 1. The van der Waals surface area contributed by atoms with E-state index in [0.29, 0.717) is 6.54 Å². The Morgan fingerprint density at radius 1 is 1.28 bits per heavy atom. The summed E-state index contributed by atoms with van der Waals surface area (Å²) in [6, 6.07) is 9.72. The smallest absolute Gasteiger partial charge is 0.0914 e. The first-order valence-electron chi connectivity index (χ1n) is 6.35. The van der Waals surface area contributed by atoms with Crippen LogP contribution in [0.1, 0.15) is 11.7 Å². The molecule has 0 aromatic heterocycles. The molecule has 0 aliphatic rings. The van der Waals surface area contributed by atoms with Gasteiger partial charge in [0.1, 0.15) is 0 Å². The van der Waals surface area contributed by atoms with Crippen molar-refractivity contribution in [3.63, 3.8) is 0 Å². The Morgan fingerprint density at radius 3 is 2.67 bits per heavy atom. The second kappa shape index (κ2) is 9.05. The molecule has 1 rings (SSSR count). The van der Waals surface area contributed by atoms with E-state index in [4.69, 9.17) is 4.74 Å². The number of ether oxygens (including phenoxy) is 1. The molecule has 0 saturated carbocycles. The van der Waals surface area contributed by atoms with Crippen LogP contribution in [0.15, 0.2) is 30.3 Å². The van der Waals surface area contributed by atoms with Gasteiger partial charge in [-0.2, -0.15) is 0 Å². The molecular formula is C14H24N2O2. The second-order valence-electron chi connectivity index (χ2n) is 4.43. The van der Waals surface area contributed by atoms with Crippen LogP contribution in [0.2, 0.25) is 0 Å². The molecule has 0 bridgehead atoms. The molecule has 0 heterocycles. The van der Waals surface area contributed by atoms with E-state index < -0.39 is 6.10 Å². The van der Waals surface area contributed by atoms with Crippen LogP contribution < -0.4 is 5.32 Å². The maximum Gasteiger partial charge on any atom is 0.0914 e. The number of aliphatic hydroxyl groups excluding tert-OH is 1. The fourth-order valence-corrected chi connectivity index (χ4v) is 1.66. The van der Waals surface area contributed by atoms with Crippen LogP contribution in [-0.4, -0.2) is 56.9 Å². The first-order valence-corrected chi connectivity index (χ1v) is 6.35. The third-order valence-electron chi connectivity index (χ3n) is 2.87. The van der Waals surface area contributed by atoms with E-state index in [1.165, 1.54) is 0 Å². The van der Waals surface area contributed by atoms with Gasteiger partial charge in [0.25, 0.3) is 0 Å². The average Bonchev–Trinajstić information content (AvgIpc) is 2.42. The summed E-state index contributed by atoms with van der Waals surface area (Å²) >= 11 is 0. The van der Waals surface area contributed by atoms with Gasteiger partial charge in [0.15, 0.2) is 0 Å². The van der Waals surface area contributed by atoms with Crippen LogP contribution in [0.3, 0.4) is 0 Å². The first-order chi connectivity index (χ1) is 8.74. The van der Waals surface area contributed by atoms with E-state index in [1.807, 2.05) is 30.3 Å². The Kier molecular flexibility index (Phi) is 7.60. The highest BCUT2D eigenvalue weighted by atomic mass is 16.5. The standard InChI is InChI=1S/C14H24N2O2/c1-16(10-11-18-2)9-8-15-12-14(17)13-6-4-3-5-7-13/h3-7,14-15,17H,8-12H2,1-2H3. The van der Waals surface area contributed by atoms with Crippen molar-refractivity contribution in [2.45, 2.75) is 6.10 Å². The van der Waals surface area contributed by atoms with Crippen LogP contribution in [0, 0.1) is 0 Å². The number of nitrogens with zero attached hydrogens (tertiary/aromatic N) is 1. The second-order valence-corrected chi connectivity index (χ2v) is 4.43. The third-order valence-corrected chi connectivity index (χ3v) is 2.87. The molecule has 18 heavy (non-hydrogen) atoms. The lowest BCUT2D eigenvalue weighted by atomic mass is 10.1. The van der Waals surface area contributed by atoms with Crippen LogP contribution in [-0.2, 0) is 4.74 Å². The van der Waals surface area contributed by atoms with Gasteiger partial charge in [0.05, 0.1) is 12.7 Å². The zero-order chi connectivity index (χ0) is 13.2. The summed E-state index contributed by atoms with van der Waals surface area (Å²) in [7, 11) is 3.77. The minimum Gasteiger partial charge on any atom is -0.387 e. The maximum absolute atomic E-state index is 9.93. The molecule has 0 fully saturated rings. The number of nitrogens with one attached hydrogen (secondary N) is 1. The summed E-state index contributed by atoms with van der Waals surface area (Å²) in [6.45, 7) is 4.08. The molecule has 102 valence electrons. The van der Waals surface area contributed by atoms with Crippen molar-refractivity contribution in [1.29, 1.82) is 0 Å². The zero-order valence-corrected chi connectivity index (χ0v) is 11.3. The summed E-state index contributed by atoms with van der Waals surface area (Å²) in [6.07, 6.45) is -0.435. The normalized spacial score (nSPS) is 12.9. The highest BCUT2D eigenvalue weighted by Crippen LogP contribution is 2.10. The lowest BCUT2D eigenvalue weighted by molar-refractivity contribution is 0.156. The minimum atomic E-state index is -0.435. The van der Waals surface area contributed by atoms with Gasteiger partial charge in [-0.1, -0.05) is 30.3 Å². The lowest BCUT2D eigenvalue weighted by Gasteiger charge is -2.17. The maximum atomic E-state index is 9.93. The predicted molar refractivity (Wildman–Crippen MR) is 73.6 cm³/mol. The van der Waals surface area contributed by atoms with Crippen molar-refractivity contribution < 1.29 is 9.84 Å². The monoisotopic (exact) mass is 252 g/mol. The molecule has 2 N–H and O–H groups in total. The summed E-state index contributed by atoms with van der Waals surface area (Å²) < 4.78 is 5.01. The van der Waals surface area contributed by atoms with Crippen LogP contribution >= 0.6 is 0 Å². The van der Waals surface area contributed by atoms with Crippen LogP contribution in [0.25, 0.3) is 0 Å². The van der Waals surface area contributed by atoms with E-state index in [1.54, 1.807) is 7.11 Å². The topological polar surface area (TPSA) is 44.7 Å². The third kappa shape index (κ3) is 6.12. The fraction of sp³-hybridized carbons (Fsp3) is 0.571. The SMILES string of the molecule is COCCN(C)CCNCC(O)c1ccccc1. The highest BCUT2D eigenvalue weighted by Gasteiger charge is 2.05. The van der Waals surface area contributed by atoms with E-state index in [2.05, 4.69) is 17.3 Å². The fourth-order valence-electron chi connectivity index (χ4n) is 1.66. The van der Waals surface area contributed by atoms with Crippen molar-refractivity contribution in [2.24, 2.45) is 0 Å². The molecule has 0 aliphatic carbocycles. The summed E-state index contributed by atoms with van der Waals surface area (Å²) in [5.74, 6) is 0. The molecule has 4 heteroatoms. The van der Waals surface area contributed by atoms with E-state index in [9.17, 15) is 5.11 Å². The molecule has 0 saturated heterocycles. The Labute approximate surface area is 110 Å². The first kappa shape index (κ1) is 15.1. The Bertz CT molecular complexity index is 306. The average molecular weight is 252 g/mol. The van der Waals surface area contributed by atoms with E-state index in [-0.39, 0.29) is 0 Å². The molecular weight excluding hydrogens is 228 g/mol. The lowest BCUT2D eigenvalue weighted by Crippen LogP contribution is -2.33. The molecule has 1 atom stereocenters. The van der Waals surface area contributed by atoms with Gasteiger partial charge in [0, 0.05) is 33.3 Å². The highest BCUT2D eigenvalue weighted by molar-refractivity contribution is 5.17. The number of hydrogen-bond acceptors (Lipinski definition) is 4. The van der Waals surface area contributed by atoms with Crippen molar-refractivity contribution in [3.05, 3.63) is 35.9 Å². The molecule has 0 radical (unpaired) electrons. The molecule has 1 aromatic rings. The van der Waals surface area contributed by atoms with E-state index in [0.717, 1.165) is 31.8 Å². The molecule has 4 nitrogen and oxygen atoms in total. The number of methoxy groups -OCH3 is 1. The van der Waals surface area contributed by atoms with Gasteiger partial charge in [0.2, 0.25) is 0 Å². The van der Waals surface area contributed by atoms with Gasteiger partial charge in [-0.3, -0.25) is 0 Å². The largest absolute Gasteiger partial charge is 0.387 e. The van der Waals surface area contributed by atoms with E-state index >= 15 is 0 Å². The van der Waals surface area contributed by atoms with Gasteiger partial charge in [-0.05, 0) is 12.6 Å². The Balaban J connectivity index is 2.11. The molecule has 0 amide bonds. The quantitative estimate of drug-likeness (QED) is 0.641. The van der Waals surface area contributed by atoms with Crippen LogP contribution in [0.4, 0.5) is 0 Å². The summed E-state index contributed by atoms with van der Waals surface area (Å²) in [5.41, 5.74) is 0.956. The number of aliphatic hydroxyl groups is 1. The van der Waals surface area contributed by atoms with Gasteiger partial charge in [-0.25, -0.2) is 0 Å². The van der Waals surface area contributed by atoms with Crippen molar-refractivity contribution in [3.8, 4) is 0 Å². The van der Waals surface area contributed by atoms with Crippen molar-refractivity contribution in [2.75, 3.05) is 46.9 Å². The zero-order valence-electron chi connectivity index (χ0n) is 11.3. The summed E-state index contributed by atoms with van der Waals surface area (Å²) in [5, 5.41) is 13.2. The van der Waals surface area contributed by atoms with Crippen molar-refractivity contribution >= 4 is 0 Å². The number of rotatable bonds is 9.